The Balaban J connectivity index is 1.68. The van der Waals surface area contributed by atoms with Crippen LogP contribution >= 0.6 is 23.4 Å². The first-order valence-electron chi connectivity index (χ1n) is 8.00. The largest absolute Gasteiger partial charge is 0.482 e. The topological polar surface area (TPSA) is 77.0 Å². The number of carbonyl (C=O) groups is 2. The number of methoxy groups -OCH3 is 1. The number of amides is 1. The maximum Gasteiger partial charge on any atom is 0.343 e. The number of hydrogen-bond acceptors (Lipinski definition) is 6. The van der Waals surface area contributed by atoms with Gasteiger partial charge in [-0.15, -0.1) is 11.8 Å². The van der Waals surface area contributed by atoms with Crippen molar-refractivity contribution in [2.45, 2.75) is 5.75 Å². The highest BCUT2D eigenvalue weighted by molar-refractivity contribution is 7.99. The van der Waals surface area contributed by atoms with Crippen LogP contribution < -0.4 is 10.2 Å². The molecule has 2 rings (SSSR count). The van der Waals surface area contributed by atoms with Gasteiger partial charge in [-0.3, -0.25) is 4.79 Å². The van der Waals surface area contributed by atoms with Crippen molar-refractivity contribution >= 4 is 41.5 Å². The van der Waals surface area contributed by atoms with Gasteiger partial charge < -0.3 is 9.47 Å². The van der Waals surface area contributed by atoms with Crippen molar-refractivity contribution in [2.24, 2.45) is 5.10 Å². The van der Waals surface area contributed by atoms with Crippen LogP contribution in [0, 0.1) is 0 Å². The molecular formula is C19H19ClN2O4S. The second-order valence-electron chi connectivity index (χ2n) is 5.35. The molecular weight excluding hydrogens is 388 g/mol. The second-order valence-corrected chi connectivity index (χ2v) is 6.77. The highest BCUT2D eigenvalue weighted by atomic mass is 35.5. The third kappa shape index (κ3) is 8.15. The molecule has 0 saturated heterocycles. The normalized spacial score (nSPS) is 10.6. The van der Waals surface area contributed by atoms with Crippen LogP contribution in [0.1, 0.15) is 11.1 Å². The van der Waals surface area contributed by atoms with Crippen molar-refractivity contribution in [1.82, 2.24) is 5.43 Å². The summed E-state index contributed by atoms with van der Waals surface area (Å²) < 4.78 is 9.74. The van der Waals surface area contributed by atoms with Crippen LogP contribution in [0.25, 0.3) is 0 Å². The zero-order valence-corrected chi connectivity index (χ0v) is 16.3. The van der Waals surface area contributed by atoms with Crippen LogP contribution in [0.15, 0.2) is 53.6 Å². The van der Waals surface area contributed by atoms with E-state index in [-0.39, 0.29) is 12.5 Å². The Morgan fingerprint density at radius 2 is 1.85 bits per heavy atom. The van der Waals surface area contributed by atoms with E-state index in [2.05, 4.69) is 15.3 Å². The molecule has 0 saturated carbocycles. The molecule has 0 aliphatic carbocycles. The van der Waals surface area contributed by atoms with Crippen LogP contribution in [-0.4, -0.2) is 37.6 Å². The van der Waals surface area contributed by atoms with Crippen molar-refractivity contribution in [2.75, 3.05) is 19.5 Å². The van der Waals surface area contributed by atoms with Crippen LogP contribution in [0.3, 0.4) is 0 Å². The molecule has 0 aliphatic heterocycles. The molecule has 0 atom stereocenters. The smallest absolute Gasteiger partial charge is 0.343 e. The fourth-order valence-electron chi connectivity index (χ4n) is 1.90. The Bertz CT molecular complexity index is 779. The number of carbonyl (C=O) groups excluding carboxylic acids is 2. The first-order chi connectivity index (χ1) is 13.1. The van der Waals surface area contributed by atoms with E-state index in [4.69, 9.17) is 16.3 Å². The van der Waals surface area contributed by atoms with Gasteiger partial charge >= 0.3 is 5.97 Å². The average molecular weight is 407 g/mol. The predicted octanol–water partition coefficient (Wildman–Crippen LogP) is 3.28. The first kappa shape index (κ1) is 20.8. The number of halogens is 1. The van der Waals surface area contributed by atoms with Gasteiger partial charge in [-0.1, -0.05) is 23.7 Å². The molecule has 2 aromatic rings. The van der Waals surface area contributed by atoms with E-state index in [0.717, 1.165) is 16.9 Å². The lowest BCUT2D eigenvalue weighted by Gasteiger charge is -2.04. The van der Waals surface area contributed by atoms with Crippen molar-refractivity contribution < 1.29 is 19.1 Å². The van der Waals surface area contributed by atoms with Crippen LogP contribution in [0.5, 0.6) is 5.75 Å². The Hall–Kier alpha value is -2.51. The number of hydrazone groups is 1. The Kier molecular flexibility index (Phi) is 8.67. The molecule has 0 heterocycles. The van der Waals surface area contributed by atoms with Gasteiger partial charge in [0.15, 0.2) is 6.61 Å². The van der Waals surface area contributed by atoms with Gasteiger partial charge in [0.25, 0.3) is 0 Å². The molecule has 8 heteroatoms. The molecule has 0 aromatic heterocycles. The third-order valence-electron chi connectivity index (χ3n) is 3.28. The van der Waals surface area contributed by atoms with Crippen LogP contribution in [0.2, 0.25) is 5.02 Å². The molecule has 6 nitrogen and oxygen atoms in total. The second kappa shape index (κ2) is 11.3. The molecule has 1 N–H and O–H groups in total. The number of hydrogen-bond donors (Lipinski definition) is 1. The fraction of sp³-hybridized carbons (Fsp3) is 0.211. The fourth-order valence-corrected chi connectivity index (χ4v) is 2.81. The molecule has 27 heavy (non-hydrogen) atoms. The maximum absolute atomic E-state index is 11.8. The van der Waals surface area contributed by atoms with Gasteiger partial charge in [0, 0.05) is 10.8 Å². The average Bonchev–Trinajstić information content (AvgIpc) is 2.68. The zero-order chi connectivity index (χ0) is 19.5. The third-order valence-corrected chi connectivity index (χ3v) is 4.54. The standard InChI is InChI=1S/C19H19ClN2O4S/c1-25-19(24)11-26-17-8-4-14(5-9-17)10-21-22-18(23)13-27-12-15-2-6-16(20)7-3-15/h2-10H,11-13H2,1H3,(H,22,23). The molecule has 2 aromatic carbocycles. The quantitative estimate of drug-likeness (QED) is 0.393. The molecule has 0 unspecified atom stereocenters. The van der Waals surface area contributed by atoms with Crippen molar-refractivity contribution in [3.63, 3.8) is 0 Å². The summed E-state index contributed by atoms with van der Waals surface area (Å²) in [6.07, 6.45) is 1.53. The monoisotopic (exact) mass is 406 g/mol. The van der Waals surface area contributed by atoms with E-state index in [1.807, 2.05) is 24.3 Å². The summed E-state index contributed by atoms with van der Waals surface area (Å²) in [5, 5.41) is 4.62. The summed E-state index contributed by atoms with van der Waals surface area (Å²) in [6.45, 7) is -0.145. The lowest BCUT2D eigenvalue weighted by molar-refractivity contribution is -0.142. The van der Waals surface area contributed by atoms with Gasteiger partial charge in [-0.25, -0.2) is 10.2 Å². The SMILES string of the molecule is COC(=O)COc1ccc(C=NNC(=O)CSCc2ccc(Cl)cc2)cc1. The van der Waals surface area contributed by atoms with Gasteiger partial charge in [0.2, 0.25) is 5.91 Å². The molecule has 0 spiro atoms. The van der Waals surface area contributed by atoms with E-state index in [1.165, 1.54) is 25.1 Å². The predicted molar refractivity (Wildman–Crippen MR) is 107 cm³/mol. The number of rotatable bonds is 9. The highest BCUT2D eigenvalue weighted by Gasteiger charge is 2.02. The zero-order valence-electron chi connectivity index (χ0n) is 14.7. The molecule has 142 valence electrons. The minimum absolute atomic E-state index is 0.145. The van der Waals surface area contributed by atoms with Gasteiger partial charge in [-0.05, 0) is 47.5 Å². The Morgan fingerprint density at radius 3 is 2.52 bits per heavy atom. The van der Waals surface area contributed by atoms with Crippen LogP contribution in [-0.2, 0) is 20.1 Å². The molecule has 0 bridgehead atoms. The maximum atomic E-state index is 11.8. The summed E-state index contributed by atoms with van der Waals surface area (Å²) in [4.78, 5) is 22.8. The summed E-state index contributed by atoms with van der Waals surface area (Å²) in [7, 11) is 1.30. The minimum atomic E-state index is -0.447. The van der Waals surface area contributed by atoms with Crippen molar-refractivity contribution in [3.8, 4) is 5.75 Å². The van der Waals surface area contributed by atoms with Crippen molar-refractivity contribution in [3.05, 3.63) is 64.7 Å². The van der Waals surface area contributed by atoms with E-state index in [1.54, 1.807) is 24.3 Å². The summed E-state index contributed by atoms with van der Waals surface area (Å²) in [5.74, 6) is 0.947. The highest BCUT2D eigenvalue weighted by Crippen LogP contribution is 2.15. The molecule has 0 radical (unpaired) electrons. The van der Waals surface area contributed by atoms with Gasteiger partial charge in [0.05, 0.1) is 19.1 Å². The molecule has 1 amide bonds. The van der Waals surface area contributed by atoms with Gasteiger partial charge in [-0.2, -0.15) is 5.10 Å². The van der Waals surface area contributed by atoms with E-state index in [9.17, 15) is 9.59 Å². The number of benzene rings is 2. The molecule has 0 aliphatic rings. The summed E-state index contributed by atoms with van der Waals surface area (Å²) >= 11 is 7.33. The lowest BCUT2D eigenvalue weighted by atomic mass is 10.2. The van der Waals surface area contributed by atoms with E-state index in [0.29, 0.717) is 16.5 Å². The number of ether oxygens (including phenoxy) is 2. The summed E-state index contributed by atoms with van der Waals surface area (Å²) in [6, 6.07) is 14.5. The lowest BCUT2D eigenvalue weighted by Crippen LogP contribution is -2.19. The van der Waals surface area contributed by atoms with Crippen molar-refractivity contribution in [1.29, 1.82) is 0 Å². The Morgan fingerprint density at radius 1 is 1.15 bits per heavy atom. The Labute approximate surface area is 166 Å². The number of nitrogens with zero attached hydrogens (tertiary/aromatic N) is 1. The molecule has 0 fully saturated rings. The van der Waals surface area contributed by atoms with E-state index >= 15 is 0 Å². The summed E-state index contributed by atoms with van der Waals surface area (Å²) in [5.41, 5.74) is 4.38. The number of thioether (sulfide) groups is 1. The van der Waals surface area contributed by atoms with Crippen LogP contribution in [0.4, 0.5) is 0 Å². The van der Waals surface area contributed by atoms with Gasteiger partial charge in [0.1, 0.15) is 5.75 Å². The minimum Gasteiger partial charge on any atom is -0.482 e. The number of esters is 1. The first-order valence-corrected chi connectivity index (χ1v) is 9.54. The number of nitrogens with one attached hydrogen (secondary N) is 1. The van der Waals surface area contributed by atoms with E-state index < -0.39 is 5.97 Å².